The molecular formula is C22H17ClN4O4S. The molecular weight excluding hydrogens is 452 g/mol. The largest absolute Gasteiger partial charge is 0.467 e. The Morgan fingerprint density at radius 1 is 1.25 bits per heavy atom. The van der Waals surface area contributed by atoms with Crippen molar-refractivity contribution in [3.05, 3.63) is 82.5 Å². The van der Waals surface area contributed by atoms with Crippen LogP contribution in [0.4, 0.5) is 0 Å². The van der Waals surface area contributed by atoms with E-state index in [1.165, 1.54) is 16.3 Å². The molecule has 4 heterocycles. The summed E-state index contributed by atoms with van der Waals surface area (Å²) in [7, 11) is 0. The van der Waals surface area contributed by atoms with Crippen LogP contribution in [-0.2, 0) is 20.7 Å². The summed E-state index contributed by atoms with van der Waals surface area (Å²) in [5.41, 5.74) is 2.17. The van der Waals surface area contributed by atoms with Crippen molar-refractivity contribution >= 4 is 45.5 Å². The number of carbonyl (C=O) groups is 2. The first-order chi connectivity index (χ1) is 15.6. The second kappa shape index (κ2) is 8.60. The third kappa shape index (κ3) is 4.17. The van der Waals surface area contributed by atoms with Gasteiger partial charge in [-0.15, -0.1) is 11.3 Å². The van der Waals surface area contributed by atoms with Crippen molar-refractivity contribution in [2.45, 2.75) is 18.9 Å². The lowest BCUT2D eigenvalue weighted by Gasteiger charge is -2.19. The Kier molecular flexibility index (Phi) is 5.50. The number of hydrazone groups is 1. The Morgan fingerprint density at radius 3 is 2.84 bits per heavy atom. The number of rotatable bonds is 6. The molecule has 1 atom stereocenters. The number of halogens is 1. The number of nitrogens with zero attached hydrogens (tertiary/aromatic N) is 4. The highest BCUT2D eigenvalue weighted by molar-refractivity contribution is 7.15. The first kappa shape index (κ1) is 20.5. The summed E-state index contributed by atoms with van der Waals surface area (Å²) >= 11 is 7.46. The number of carbonyl (C=O) groups excluding carboxylic acids is 2. The number of esters is 1. The SMILES string of the molecule is O=C(Cc1cn2ccsc2n1)OCC(=O)N1N=C(c2ccc(Cl)cc2)C[C@@H]1c1ccco1. The van der Waals surface area contributed by atoms with E-state index in [9.17, 15) is 9.59 Å². The molecule has 0 fully saturated rings. The second-order valence-electron chi connectivity index (χ2n) is 7.19. The third-order valence-electron chi connectivity index (χ3n) is 5.04. The highest BCUT2D eigenvalue weighted by Gasteiger charge is 2.35. The first-order valence-electron chi connectivity index (χ1n) is 9.82. The van der Waals surface area contributed by atoms with E-state index in [0.29, 0.717) is 22.9 Å². The van der Waals surface area contributed by atoms with E-state index in [0.717, 1.165) is 16.2 Å². The summed E-state index contributed by atoms with van der Waals surface area (Å²) in [6.07, 6.45) is 5.64. The number of amides is 1. The van der Waals surface area contributed by atoms with Gasteiger partial charge in [-0.05, 0) is 29.8 Å². The zero-order valence-electron chi connectivity index (χ0n) is 16.7. The van der Waals surface area contributed by atoms with Crippen LogP contribution in [0.15, 0.2) is 70.0 Å². The molecule has 32 heavy (non-hydrogen) atoms. The first-order valence-corrected chi connectivity index (χ1v) is 11.1. The number of hydrogen-bond acceptors (Lipinski definition) is 7. The molecule has 0 unspecified atom stereocenters. The maximum atomic E-state index is 12.9. The molecule has 0 saturated heterocycles. The number of furan rings is 1. The summed E-state index contributed by atoms with van der Waals surface area (Å²) in [6.45, 7) is -0.421. The summed E-state index contributed by atoms with van der Waals surface area (Å²) in [5.74, 6) is -0.357. The van der Waals surface area contributed by atoms with E-state index in [2.05, 4.69) is 10.1 Å². The maximum absolute atomic E-state index is 12.9. The van der Waals surface area contributed by atoms with Crippen LogP contribution in [0, 0.1) is 0 Å². The number of hydrogen-bond donors (Lipinski definition) is 0. The van der Waals surface area contributed by atoms with Crippen molar-refractivity contribution < 1.29 is 18.7 Å². The van der Waals surface area contributed by atoms with Gasteiger partial charge < -0.3 is 9.15 Å². The molecule has 0 spiro atoms. The standard InChI is InChI=1S/C22H17ClN4O4S/c23-15-5-3-14(4-6-15)17-11-18(19-2-1-8-30-19)27(25-17)20(28)13-31-21(29)10-16-12-26-7-9-32-22(26)24-16/h1-9,12,18H,10-11,13H2/t18-/m1/s1. The molecule has 5 rings (SSSR count). The van der Waals surface area contributed by atoms with E-state index in [4.69, 9.17) is 20.8 Å². The topological polar surface area (TPSA) is 89.4 Å². The number of ether oxygens (including phenoxy) is 1. The fraction of sp³-hybridized carbons (Fsp3) is 0.182. The molecule has 1 aliphatic heterocycles. The summed E-state index contributed by atoms with van der Waals surface area (Å²) < 4.78 is 12.6. The van der Waals surface area contributed by atoms with Crippen LogP contribution in [-0.4, -0.2) is 38.6 Å². The number of imidazole rings is 1. The highest BCUT2D eigenvalue weighted by atomic mass is 35.5. The van der Waals surface area contributed by atoms with Crippen LogP contribution in [0.3, 0.4) is 0 Å². The lowest BCUT2D eigenvalue weighted by molar-refractivity contribution is -0.152. The Balaban J connectivity index is 1.27. The second-order valence-corrected chi connectivity index (χ2v) is 8.50. The fourth-order valence-electron chi connectivity index (χ4n) is 3.53. The minimum absolute atomic E-state index is 0.0113. The van der Waals surface area contributed by atoms with E-state index in [1.807, 2.05) is 28.1 Å². The summed E-state index contributed by atoms with van der Waals surface area (Å²) in [4.78, 5) is 30.3. The van der Waals surface area contributed by atoms with Crippen molar-refractivity contribution in [3.63, 3.8) is 0 Å². The maximum Gasteiger partial charge on any atom is 0.312 e. The lowest BCUT2D eigenvalue weighted by atomic mass is 10.0. The predicted molar refractivity (Wildman–Crippen MR) is 119 cm³/mol. The quantitative estimate of drug-likeness (QED) is 0.397. The van der Waals surface area contributed by atoms with Gasteiger partial charge >= 0.3 is 5.97 Å². The van der Waals surface area contributed by atoms with Crippen LogP contribution < -0.4 is 0 Å². The predicted octanol–water partition coefficient (Wildman–Crippen LogP) is 4.11. The Hall–Kier alpha value is -3.43. The highest BCUT2D eigenvalue weighted by Crippen LogP contribution is 2.33. The van der Waals surface area contributed by atoms with Crippen molar-refractivity contribution in [1.29, 1.82) is 0 Å². The smallest absolute Gasteiger partial charge is 0.312 e. The Bertz CT molecular complexity index is 1260. The van der Waals surface area contributed by atoms with Crippen molar-refractivity contribution in [2.75, 3.05) is 6.61 Å². The van der Waals surface area contributed by atoms with Gasteiger partial charge in [-0.2, -0.15) is 5.10 Å². The Labute approximate surface area is 191 Å². The van der Waals surface area contributed by atoms with Crippen LogP contribution in [0.1, 0.15) is 29.5 Å². The van der Waals surface area contributed by atoms with Crippen LogP contribution in [0.2, 0.25) is 5.02 Å². The molecule has 0 bridgehead atoms. The molecule has 0 radical (unpaired) electrons. The molecule has 4 aromatic rings. The molecule has 162 valence electrons. The molecule has 3 aromatic heterocycles. The number of fused-ring (bicyclic) bond motifs is 1. The number of thiazole rings is 1. The number of aromatic nitrogens is 2. The van der Waals surface area contributed by atoms with Gasteiger partial charge in [0.1, 0.15) is 11.8 Å². The fourth-order valence-corrected chi connectivity index (χ4v) is 4.37. The van der Waals surface area contributed by atoms with Gasteiger partial charge in [0.15, 0.2) is 11.6 Å². The lowest BCUT2D eigenvalue weighted by Crippen LogP contribution is -2.31. The molecule has 0 aliphatic carbocycles. The van der Waals surface area contributed by atoms with Crippen molar-refractivity contribution in [1.82, 2.24) is 14.4 Å². The van der Waals surface area contributed by atoms with Gasteiger partial charge in [0.05, 0.1) is 24.1 Å². The molecule has 1 aliphatic rings. The third-order valence-corrected chi connectivity index (χ3v) is 6.06. The van der Waals surface area contributed by atoms with E-state index < -0.39 is 24.5 Å². The van der Waals surface area contributed by atoms with Gasteiger partial charge in [0, 0.05) is 29.2 Å². The van der Waals surface area contributed by atoms with E-state index >= 15 is 0 Å². The minimum Gasteiger partial charge on any atom is -0.467 e. The molecule has 1 aromatic carbocycles. The molecule has 0 saturated carbocycles. The summed E-state index contributed by atoms with van der Waals surface area (Å²) in [6, 6.07) is 10.4. The van der Waals surface area contributed by atoms with Gasteiger partial charge in [-0.3, -0.25) is 14.0 Å². The monoisotopic (exact) mass is 468 g/mol. The van der Waals surface area contributed by atoms with Crippen molar-refractivity contribution in [2.24, 2.45) is 5.10 Å². The molecule has 1 amide bonds. The van der Waals surface area contributed by atoms with Gasteiger partial charge in [0.25, 0.3) is 5.91 Å². The van der Waals surface area contributed by atoms with Crippen LogP contribution >= 0.6 is 22.9 Å². The van der Waals surface area contributed by atoms with Crippen LogP contribution in [0.25, 0.3) is 4.96 Å². The minimum atomic E-state index is -0.528. The number of benzene rings is 1. The zero-order chi connectivity index (χ0) is 22.1. The Morgan fingerprint density at radius 2 is 2.09 bits per heavy atom. The zero-order valence-corrected chi connectivity index (χ0v) is 18.3. The van der Waals surface area contributed by atoms with E-state index in [-0.39, 0.29) is 6.42 Å². The molecule has 0 N–H and O–H groups in total. The van der Waals surface area contributed by atoms with Gasteiger partial charge in [-0.25, -0.2) is 9.99 Å². The molecule has 10 heteroatoms. The van der Waals surface area contributed by atoms with Crippen molar-refractivity contribution in [3.8, 4) is 0 Å². The average Bonchev–Trinajstić information content (AvgIpc) is 3.55. The van der Waals surface area contributed by atoms with E-state index in [1.54, 1.807) is 36.7 Å². The van der Waals surface area contributed by atoms with Gasteiger partial charge in [-0.1, -0.05) is 23.7 Å². The summed E-state index contributed by atoms with van der Waals surface area (Å²) in [5, 5.41) is 8.35. The normalized spacial score (nSPS) is 15.8. The molecule has 8 nitrogen and oxygen atoms in total. The van der Waals surface area contributed by atoms with Crippen LogP contribution in [0.5, 0.6) is 0 Å². The van der Waals surface area contributed by atoms with Gasteiger partial charge in [0.2, 0.25) is 0 Å². The average molecular weight is 469 g/mol.